The van der Waals surface area contributed by atoms with Crippen LogP contribution in [-0.2, 0) is 4.74 Å². The van der Waals surface area contributed by atoms with Gasteiger partial charge >= 0.3 is 0 Å². The fraction of sp³-hybridized carbons (Fsp3) is 0.769. The molecule has 0 aromatic carbocycles. The highest BCUT2D eigenvalue weighted by molar-refractivity contribution is 7.09. The van der Waals surface area contributed by atoms with Gasteiger partial charge in [-0.15, -0.1) is 11.3 Å². The van der Waals surface area contributed by atoms with Crippen molar-refractivity contribution in [2.45, 2.75) is 32.4 Å². The van der Waals surface area contributed by atoms with Gasteiger partial charge in [0.05, 0.1) is 18.7 Å². The van der Waals surface area contributed by atoms with E-state index >= 15 is 0 Å². The Hall–Kier alpha value is -0.490. The van der Waals surface area contributed by atoms with Crippen LogP contribution in [0.3, 0.4) is 0 Å². The van der Waals surface area contributed by atoms with Crippen LogP contribution in [0.15, 0.2) is 11.7 Å². The van der Waals surface area contributed by atoms with Crippen molar-refractivity contribution in [3.63, 3.8) is 0 Å². The van der Waals surface area contributed by atoms with E-state index in [-0.39, 0.29) is 5.54 Å². The molecule has 1 aromatic rings. The van der Waals surface area contributed by atoms with Crippen LogP contribution in [0.1, 0.15) is 31.7 Å². The molecule has 0 amide bonds. The van der Waals surface area contributed by atoms with E-state index < -0.39 is 0 Å². The van der Waals surface area contributed by atoms with Crippen molar-refractivity contribution in [2.75, 3.05) is 32.8 Å². The molecule has 5 heteroatoms. The number of morpholine rings is 1. The molecule has 1 fully saturated rings. The normalized spacial score (nSPS) is 19.9. The molecule has 1 aliphatic rings. The average Bonchev–Trinajstić information content (AvgIpc) is 2.91. The Morgan fingerprint density at radius 1 is 1.50 bits per heavy atom. The highest BCUT2D eigenvalue weighted by Crippen LogP contribution is 2.19. The number of rotatable bonds is 5. The Labute approximate surface area is 113 Å². The van der Waals surface area contributed by atoms with E-state index in [2.05, 4.69) is 36.0 Å². The van der Waals surface area contributed by atoms with Crippen LogP contribution in [0.2, 0.25) is 0 Å². The highest BCUT2D eigenvalue weighted by Gasteiger charge is 2.28. The van der Waals surface area contributed by atoms with Gasteiger partial charge in [-0.25, -0.2) is 0 Å². The Morgan fingerprint density at radius 3 is 2.83 bits per heavy atom. The van der Waals surface area contributed by atoms with Crippen LogP contribution in [0.4, 0.5) is 0 Å². The molecular formula is C13H23N3OS. The second-order valence-electron chi connectivity index (χ2n) is 5.42. The average molecular weight is 269 g/mol. The molecule has 0 bridgehead atoms. The second-order valence-corrected chi connectivity index (χ2v) is 6.34. The maximum absolute atomic E-state index is 5.41. The Balaban J connectivity index is 1.84. The lowest BCUT2D eigenvalue weighted by Crippen LogP contribution is -2.54. The van der Waals surface area contributed by atoms with Crippen molar-refractivity contribution in [1.82, 2.24) is 15.2 Å². The molecule has 1 N–H and O–H groups in total. The van der Waals surface area contributed by atoms with E-state index in [1.54, 1.807) is 11.3 Å². The summed E-state index contributed by atoms with van der Waals surface area (Å²) in [5.74, 6) is 0. The minimum Gasteiger partial charge on any atom is -0.379 e. The molecule has 1 atom stereocenters. The zero-order chi connectivity index (χ0) is 13.0. The van der Waals surface area contributed by atoms with Gasteiger partial charge in [-0.05, 0) is 20.8 Å². The second kappa shape index (κ2) is 6.10. The van der Waals surface area contributed by atoms with Gasteiger partial charge in [0.2, 0.25) is 0 Å². The molecule has 0 spiro atoms. The fourth-order valence-electron chi connectivity index (χ4n) is 2.22. The fourth-order valence-corrected chi connectivity index (χ4v) is 2.88. The third-order valence-electron chi connectivity index (χ3n) is 3.59. The number of ether oxygens (including phenoxy) is 1. The first-order valence-corrected chi connectivity index (χ1v) is 7.42. The summed E-state index contributed by atoms with van der Waals surface area (Å²) in [6.07, 6.45) is 1.95. The maximum atomic E-state index is 5.41. The minimum absolute atomic E-state index is 0.169. The number of hydrogen-bond donors (Lipinski definition) is 1. The summed E-state index contributed by atoms with van der Waals surface area (Å²) in [7, 11) is 0. The van der Waals surface area contributed by atoms with E-state index in [0.29, 0.717) is 6.04 Å². The smallest absolute Gasteiger partial charge is 0.0794 e. The van der Waals surface area contributed by atoms with Gasteiger partial charge in [0, 0.05) is 42.3 Å². The molecule has 1 unspecified atom stereocenters. The zero-order valence-electron chi connectivity index (χ0n) is 11.5. The Kier molecular flexibility index (Phi) is 4.72. The van der Waals surface area contributed by atoms with Gasteiger partial charge in [0.25, 0.3) is 0 Å². The summed E-state index contributed by atoms with van der Waals surface area (Å²) in [4.78, 5) is 7.93. The van der Waals surface area contributed by atoms with Gasteiger partial charge in [-0.3, -0.25) is 9.88 Å². The number of thiazole rings is 1. The Morgan fingerprint density at radius 2 is 2.22 bits per heavy atom. The molecule has 18 heavy (non-hydrogen) atoms. The zero-order valence-corrected chi connectivity index (χ0v) is 12.3. The van der Waals surface area contributed by atoms with Gasteiger partial charge in [-0.1, -0.05) is 0 Å². The summed E-state index contributed by atoms with van der Waals surface area (Å²) < 4.78 is 5.41. The lowest BCUT2D eigenvalue weighted by Gasteiger charge is -2.41. The number of nitrogens with one attached hydrogen (secondary N) is 1. The third-order valence-corrected chi connectivity index (χ3v) is 4.54. The van der Waals surface area contributed by atoms with Crippen LogP contribution in [0, 0.1) is 0 Å². The van der Waals surface area contributed by atoms with Crippen molar-refractivity contribution in [3.05, 3.63) is 16.6 Å². The third kappa shape index (κ3) is 3.51. The van der Waals surface area contributed by atoms with E-state index in [1.165, 1.54) is 4.88 Å². The van der Waals surface area contributed by atoms with Gasteiger partial charge in [-0.2, -0.15) is 0 Å². The molecule has 4 nitrogen and oxygen atoms in total. The largest absolute Gasteiger partial charge is 0.379 e. The van der Waals surface area contributed by atoms with Gasteiger partial charge in [0.15, 0.2) is 0 Å². The van der Waals surface area contributed by atoms with Crippen LogP contribution < -0.4 is 5.32 Å². The molecule has 2 heterocycles. The lowest BCUT2D eigenvalue weighted by atomic mass is 10.0. The molecule has 0 radical (unpaired) electrons. The number of aromatic nitrogens is 1. The predicted octanol–water partition coefficient (Wildman–Crippen LogP) is 1.90. The van der Waals surface area contributed by atoms with E-state index in [1.807, 2.05) is 11.7 Å². The van der Waals surface area contributed by atoms with Crippen LogP contribution >= 0.6 is 11.3 Å². The van der Waals surface area contributed by atoms with E-state index in [9.17, 15) is 0 Å². The molecule has 1 aliphatic heterocycles. The van der Waals surface area contributed by atoms with E-state index in [0.717, 1.165) is 32.8 Å². The number of nitrogens with zero attached hydrogens (tertiary/aromatic N) is 2. The first-order valence-electron chi connectivity index (χ1n) is 6.54. The first-order chi connectivity index (χ1) is 8.59. The maximum Gasteiger partial charge on any atom is 0.0794 e. The summed E-state index contributed by atoms with van der Waals surface area (Å²) >= 11 is 1.71. The molecule has 1 aromatic heterocycles. The summed E-state index contributed by atoms with van der Waals surface area (Å²) in [6, 6.07) is 0.373. The summed E-state index contributed by atoms with van der Waals surface area (Å²) in [5, 5.41) is 3.61. The molecule has 0 aliphatic carbocycles. The SMILES string of the molecule is CC(NCC(C)(C)N1CCOCC1)c1cncs1. The van der Waals surface area contributed by atoms with Crippen molar-refractivity contribution in [3.8, 4) is 0 Å². The van der Waals surface area contributed by atoms with Gasteiger partial charge < -0.3 is 10.1 Å². The van der Waals surface area contributed by atoms with Crippen LogP contribution in [0.25, 0.3) is 0 Å². The lowest BCUT2D eigenvalue weighted by molar-refractivity contribution is -0.0102. The quantitative estimate of drug-likeness (QED) is 0.886. The minimum atomic E-state index is 0.169. The van der Waals surface area contributed by atoms with Crippen molar-refractivity contribution < 1.29 is 4.74 Å². The Bertz CT molecular complexity index is 347. The monoisotopic (exact) mass is 269 g/mol. The molecular weight excluding hydrogens is 246 g/mol. The first kappa shape index (κ1) is 13.9. The molecule has 1 saturated heterocycles. The van der Waals surface area contributed by atoms with E-state index in [4.69, 9.17) is 4.74 Å². The molecule has 102 valence electrons. The van der Waals surface area contributed by atoms with Crippen molar-refractivity contribution in [1.29, 1.82) is 0 Å². The van der Waals surface area contributed by atoms with Crippen LogP contribution in [0.5, 0.6) is 0 Å². The highest BCUT2D eigenvalue weighted by atomic mass is 32.1. The summed E-state index contributed by atoms with van der Waals surface area (Å²) in [6.45, 7) is 11.5. The molecule has 0 saturated carbocycles. The van der Waals surface area contributed by atoms with Crippen molar-refractivity contribution in [2.24, 2.45) is 0 Å². The van der Waals surface area contributed by atoms with Crippen molar-refractivity contribution >= 4 is 11.3 Å². The van der Waals surface area contributed by atoms with Crippen LogP contribution in [-0.4, -0.2) is 48.3 Å². The predicted molar refractivity (Wildman–Crippen MR) is 75.0 cm³/mol. The van der Waals surface area contributed by atoms with Gasteiger partial charge in [0.1, 0.15) is 0 Å². The molecule has 2 rings (SSSR count). The topological polar surface area (TPSA) is 37.4 Å². The standard InChI is InChI=1S/C13H23N3OS/c1-11(12-8-14-10-18-12)15-9-13(2,3)16-4-6-17-7-5-16/h8,10-11,15H,4-7,9H2,1-3H3. The number of hydrogen-bond acceptors (Lipinski definition) is 5. The summed E-state index contributed by atoms with van der Waals surface area (Å²) in [5.41, 5.74) is 2.06.